The van der Waals surface area contributed by atoms with Gasteiger partial charge in [-0.3, -0.25) is 14.6 Å². The third kappa shape index (κ3) is 6.27. The molecule has 0 spiro atoms. The number of carboxylic acid groups (broad SMARTS) is 1. The minimum Gasteiger partial charge on any atom is -0.481 e. The van der Waals surface area contributed by atoms with Crippen molar-refractivity contribution in [3.05, 3.63) is 83.2 Å². The summed E-state index contributed by atoms with van der Waals surface area (Å²) in [6.45, 7) is 6.11. The number of amides is 1. The molecule has 1 aromatic heterocycles. The van der Waals surface area contributed by atoms with Gasteiger partial charge in [-0.15, -0.1) is 0 Å². The lowest BCUT2D eigenvalue weighted by atomic mass is 9.83. The third-order valence-corrected chi connectivity index (χ3v) is 7.95. The first-order chi connectivity index (χ1) is 17.9. The van der Waals surface area contributed by atoms with Gasteiger partial charge in [-0.2, -0.15) is 0 Å². The van der Waals surface area contributed by atoms with Gasteiger partial charge in [0.05, 0.1) is 12.3 Å². The Balaban J connectivity index is 1.60. The van der Waals surface area contributed by atoms with E-state index >= 15 is 0 Å². The van der Waals surface area contributed by atoms with Gasteiger partial charge in [0.1, 0.15) is 0 Å². The van der Waals surface area contributed by atoms with Crippen LogP contribution in [0.1, 0.15) is 86.5 Å². The highest BCUT2D eigenvalue weighted by Gasteiger charge is 2.32. The molecule has 2 N–H and O–H groups in total. The number of pyridine rings is 1. The topological polar surface area (TPSA) is 79.3 Å². The van der Waals surface area contributed by atoms with Crippen molar-refractivity contribution in [3.8, 4) is 11.1 Å². The molecule has 1 saturated carbocycles. The molecule has 3 aromatic rings. The minimum atomic E-state index is -0.803. The fourth-order valence-corrected chi connectivity index (χ4v) is 5.78. The fraction of sp³-hybridized carbons (Fsp3) is 0.406. The van der Waals surface area contributed by atoms with Crippen LogP contribution in [0, 0.1) is 12.8 Å². The van der Waals surface area contributed by atoms with Crippen molar-refractivity contribution in [3.63, 3.8) is 0 Å². The Bertz CT molecular complexity index is 1230. The third-order valence-electron chi connectivity index (χ3n) is 7.95. The summed E-state index contributed by atoms with van der Waals surface area (Å²) >= 11 is 0. The number of rotatable bonds is 10. The van der Waals surface area contributed by atoms with Gasteiger partial charge in [0.2, 0.25) is 5.91 Å². The Morgan fingerprint density at radius 2 is 1.76 bits per heavy atom. The average molecular weight is 499 g/mol. The van der Waals surface area contributed by atoms with Crippen molar-refractivity contribution in [1.82, 2.24) is 4.98 Å². The molecule has 2 unspecified atom stereocenters. The Hall–Kier alpha value is -3.47. The lowest BCUT2D eigenvalue weighted by molar-refractivity contribution is -0.137. The normalized spacial score (nSPS) is 15.3. The second-order valence-corrected chi connectivity index (χ2v) is 10.3. The molecule has 4 rings (SSSR count). The van der Waals surface area contributed by atoms with Crippen LogP contribution < -0.4 is 5.32 Å². The van der Waals surface area contributed by atoms with Gasteiger partial charge in [-0.25, -0.2) is 0 Å². The van der Waals surface area contributed by atoms with Crippen LogP contribution in [0.4, 0.5) is 5.69 Å². The number of nitrogens with one attached hydrogen (secondary N) is 1. The molecule has 1 aliphatic rings. The summed E-state index contributed by atoms with van der Waals surface area (Å²) < 4.78 is 0. The van der Waals surface area contributed by atoms with Crippen LogP contribution in [0.2, 0.25) is 0 Å². The summed E-state index contributed by atoms with van der Waals surface area (Å²) in [4.78, 5) is 29.6. The Morgan fingerprint density at radius 3 is 2.41 bits per heavy atom. The van der Waals surface area contributed by atoms with Gasteiger partial charge in [0, 0.05) is 23.6 Å². The molecule has 0 aliphatic heterocycles. The Labute approximate surface area is 220 Å². The molecule has 5 nitrogen and oxygen atoms in total. The zero-order valence-electron chi connectivity index (χ0n) is 22.2. The summed E-state index contributed by atoms with van der Waals surface area (Å²) in [7, 11) is 0. The molecule has 1 heterocycles. The van der Waals surface area contributed by atoms with E-state index in [1.54, 1.807) is 0 Å². The predicted molar refractivity (Wildman–Crippen MR) is 149 cm³/mol. The molecule has 37 heavy (non-hydrogen) atoms. The lowest BCUT2D eigenvalue weighted by Gasteiger charge is -2.25. The van der Waals surface area contributed by atoms with Crippen molar-refractivity contribution in [1.29, 1.82) is 0 Å². The highest BCUT2D eigenvalue weighted by molar-refractivity contribution is 5.97. The number of aromatic nitrogens is 1. The summed E-state index contributed by atoms with van der Waals surface area (Å²) in [6, 6.07) is 16.4. The zero-order valence-corrected chi connectivity index (χ0v) is 22.2. The maximum absolute atomic E-state index is 13.8. The van der Waals surface area contributed by atoms with Crippen molar-refractivity contribution in [2.24, 2.45) is 5.92 Å². The smallest absolute Gasteiger partial charge is 0.303 e. The molecule has 0 saturated heterocycles. The van der Waals surface area contributed by atoms with Crippen LogP contribution in [0.5, 0.6) is 0 Å². The van der Waals surface area contributed by atoms with Gasteiger partial charge >= 0.3 is 5.97 Å². The minimum absolute atomic E-state index is 0.0147. The van der Waals surface area contributed by atoms with Gasteiger partial charge in [-0.1, -0.05) is 63.1 Å². The summed E-state index contributed by atoms with van der Waals surface area (Å²) in [5.74, 6) is -0.771. The van der Waals surface area contributed by atoms with Gasteiger partial charge in [-0.05, 0) is 84.4 Å². The molecule has 1 aliphatic carbocycles. The number of aryl methyl sites for hydroxylation is 1. The summed E-state index contributed by atoms with van der Waals surface area (Å²) in [6.07, 6.45) is 9.97. The fourth-order valence-electron chi connectivity index (χ4n) is 5.78. The second kappa shape index (κ2) is 12.2. The van der Waals surface area contributed by atoms with Crippen LogP contribution in [0.25, 0.3) is 11.1 Å². The maximum Gasteiger partial charge on any atom is 0.303 e. The van der Waals surface area contributed by atoms with E-state index in [9.17, 15) is 14.7 Å². The van der Waals surface area contributed by atoms with Crippen LogP contribution in [-0.2, 0) is 16.0 Å². The molecule has 194 valence electrons. The number of carboxylic acids is 1. The molecule has 2 aromatic carbocycles. The van der Waals surface area contributed by atoms with E-state index in [1.165, 1.54) is 5.56 Å². The molecule has 2 atom stereocenters. The highest BCUT2D eigenvalue weighted by atomic mass is 16.4. The molecule has 1 fully saturated rings. The van der Waals surface area contributed by atoms with Crippen molar-refractivity contribution in [2.45, 2.75) is 77.6 Å². The summed E-state index contributed by atoms with van der Waals surface area (Å²) in [5, 5.41) is 12.6. The number of benzene rings is 2. The standard InChI is InChI=1S/C32H38N2O3/c1-4-22-17-27(20-33-19-22)24-13-15-26(16-14-24)31(25-9-6-7-10-25)32(37)34-29-12-8-11-28(21(29)3)23(5-2)18-30(35)36/h8,11-17,19-20,23,25,31H,4-7,9-10,18H2,1-3H3,(H,34,37)(H,35,36). The van der Waals surface area contributed by atoms with E-state index in [4.69, 9.17) is 0 Å². The number of carbonyl (C=O) groups excluding carboxylic acids is 1. The first-order valence-corrected chi connectivity index (χ1v) is 13.6. The van der Waals surface area contributed by atoms with E-state index < -0.39 is 5.97 Å². The first-order valence-electron chi connectivity index (χ1n) is 13.6. The van der Waals surface area contributed by atoms with Crippen LogP contribution in [0.3, 0.4) is 0 Å². The Morgan fingerprint density at radius 1 is 1.03 bits per heavy atom. The van der Waals surface area contributed by atoms with Crippen LogP contribution >= 0.6 is 0 Å². The van der Waals surface area contributed by atoms with E-state index in [2.05, 4.69) is 47.6 Å². The molecule has 0 bridgehead atoms. The predicted octanol–water partition coefficient (Wildman–Crippen LogP) is 7.50. The first kappa shape index (κ1) is 26.6. The molecule has 5 heteroatoms. The van der Waals surface area contributed by atoms with E-state index in [1.807, 2.05) is 44.4 Å². The molecular formula is C32H38N2O3. The second-order valence-electron chi connectivity index (χ2n) is 10.3. The van der Waals surface area contributed by atoms with E-state index in [0.717, 1.165) is 72.0 Å². The number of nitrogens with zero attached hydrogens (tertiary/aromatic N) is 1. The van der Waals surface area contributed by atoms with Gasteiger partial charge in [0.15, 0.2) is 0 Å². The number of anilines is 1. The maximum atomic E-state index is 13.8. The van der Waals surface area contributed by atoms with Crippen molar-refractivity contribution < 1.29 is 14.7 Å². The van der Waals surface area contributed by atoms with Crippen LogP contribution in [0.15, 0.2) is 60.9 Å². The quantitative estimate of drug-likeness (QED) is 0.303. The van der Waals surface area contributed by atoms with Crippen molar-refractivity contribution in [2.75, 3.05) is 5.32 Å². The number of aliphatic carboxylic acids is 1. The molecule has 1 amide bonds. The largest absolute Gasteiger partial charge is 0.481 e. The monoisotopic (exact) mass is 498 g/mol. The summed E-state index contributed by atoms with van der Waals surface area (Å²) in [5.41, 5.74) is 7.15. The van der Waals surface area contributed by atoms with Crippen molar-refractivity contribution >= 4 is 17.6 Å². The number of hydrogen-bond acceptors (Lipinski definition) is 3. The molecule has 0 radical (unpaired) electrons. The van der Waals surface area contributed by atoms with Crippen LogP contribution in [-0.4, -0.2) is 22.0 Å². The van der Waals surface area contributed by atoms with E-state index in [0.29, 0.717) is 5.92 Å². The number of hydrogen-bond donors (Lipinski definition) is 2. The van der Waals surface area contributed by atoms with E-state index in [-0.39, 0.29) is 24.2 Å². The van der Waals surface area contributed by atoms with Gasteiger partial charge < -0.3 is 10.4 Å². The highest BCUT2D eigenvalue weighted by Crippen LogP contribution is 2.39. The Kier molecular flexibility index (Phi) is 8.75. The van der Waals surface area contributed by atoms with Gasteiger partial charge in [0.25, 0.3) is 0 Å². The lowest BCUT2D eigenvalue weighted by Crippen LogP contribution is -2.27. The number of carbonyl (C=O) groups is 2. The SMILES string of the molecule is CCc1cncc(-c2ccc(C(C(=O)Nc3cccc(C(CC)CC(=O)O)c3C)C3CCCC3)cc2)c1. The average Bonchev–Trinajstić information content (AvgIpc) is 3.43. The molecular weight excluding hydrogens is 460 g/mol. The zero-order chi connectivity index (χ0) is 26.4.